The third-order valence-corrected chi connectivity index (χ3v) is 6.91. The molecule has 0 bridgehead atoms. The maximum atomic E-state index is 12.8. The highest BCUT2D eigenvalue weighted by Crippen LogP contribution is 2.42. The number of nitrogens with zero attached hydrogens (tertiary/aromatic N) is 1. The minimum Gasteiger partial charge on any atom is -0.494 e. The Morgan fingerprint density at radius 1 is 1.28 bits per heavy atom. The van der Waals surface area contributed by atoms with Gasteiger partial charge >= 0.3 is 0 Å². The lowest BCUT2D eigenvalue weighted by atomic mass is 10.0. The summed E-state index contributed by atoms with van der Waals surface area (Å²) in [5.41, 5.74) is 3.00. The van der Waals surface area contributed by atoms with E-state index in [4.69, 9.17) is 4.74 Å². The van der Waals surface area contributed by atoms with Crippen LogP contribution in [0, 0.1) is 0 Å². The van der Waals surface area contributed by atoms with E-state index in [0.717, 1.165) is 50.3 Å². The van der Waals surface area contributed by atoms with Gasteiger partial charge in [-0.05, 0) is 68.6 Å². The van der Waals surface area contributed by atoms with E-state index in [1.54, 1.807) is 18.4 Å². The van der Waals surface area contributed by atoms with E-state index in [1.807, 2.05) is 12.1 Å². The number of rotatable bonds is 2. The van der Waals surface area contributed by atoms with Crippen LogP contribution in [0.3, 0.4) is 0 Å². The van der Waals surface area contributed by atoms with Gasteiger partial charge in [0, 0.05) is 18.0 Å². The van der Waals surface area contributed by atoms with Crippen molar-refractivity contribution in [2.24, 2.45) is 0 Å². The van der Waals surface area contributed by atoms with Crippen LogP contribution in [0.1, 0.15) is 32.5 Å². The number of benzene rings is 1. The zero-order valence-corrected chi connectivity index (χ0v) is 17.8. The van der Waals surface area contributed by atoms with Gasteiger partial charge in [0.15, 0.2) is 0 Å². The van der Waals surface area contributed by atoms with E-state index in [9.17, 15) is 4.79 Å². The lowest BCUT2D eigenvalue weighted by molar-refractivity contribution is 0.0935. The molecule has 1 aromatic carbocycles. The van der Waals surface area contributed by atoms with Gasteiger partial charge in [-0.25, -0.2) is 0 Å². The molecule has 0 fully saturated rings. The molecule has 2 aromatic rings. The number of hydrogen-bond donors (Lipinski definition) is 2. The molecule has 2 N–H and O–H groups in total. The Hall–Kier alpha value is -1.09. The summed E-state index contributed by atoms with van der Waals surface area (Å²) in [6.07, 6.45) is 0.660. The van der Waals surface area contributed by atoms with E-state index < -0.39 is 0 Å². The molecule has 0 saturated carbocycles. The number of amides is 1. The normalized spacial score (nSPS) is 19.7. The molecule has 0 spiro atoms. The number of ether oxygens (including phenoxy) is 1. The Kier molecular flexibility index (Phi) is 4.56. The van der Waals surface area contributed by atoms with Crippen molar-refractivity contribution in [2.45, 2.75) is 19.1 Å². The standard InChI is InChI=1S/C17H17Br2N3O2S/c1-22-4-3-9-12(7-22)25-17-13(9)16(23)20-15(21-17)8-5-10(18)14(24-2)11(19)6-8/h5-6,15,21H,3-4,7H2,1-2H3,(H,20,23)/t15-/m1/s1. The summed E-state index contributed by atoms with van der Waals surface area (Å²) in [5.74, 6) is 0.741. The van der Waals surface area contributed by atoms with E-state index in [-0.39, 0.29) is 12.1 Å². The lowest BCUT2D eigenvalue weighted by Gasteiger charge is -2.28. The fraction of sp³-hybridized carbons (Fsp3) is 0.353. The molecule has 4 rings (SSSR count). The number of carbonyl (C=O) groups excluding carboxylic acids is 1. The second-order valence-electron chi connectivity index (χ2n) is 6.26. The molecular formula is C17H17Br2N3O2S. The molecule has 1 aromatic heterocycles. The van der Waals surface area contributed by atoms with Crippen LogP contribution < -0.4 is 15.4 Å². The van der Waals surface area contributed by atoms with Gasteiger partial charge in [-0.2, -0.15) is 0 Å². The second-order valence-corrected chi connectivity index (χ2v) is 9.08. The Bertz CT molecular complexity index is 845. The summed E-state index contributed by atoms with van der Waals surface area (Å²) in [4.78, 5) is 16.4. The third kappa shape index (κ3) is 2.99. The van der Waals surface area contributed by atoms with Crippen LogP contribution in [0.4, 0.5) is 5.00 Å². The average Bonchev–Trinajstić information content (AvgIpc) is 2.92. The fourth-order valence-electron chi connectivity index (χ4n) is 3.35. The van der Waals surface area contributed by atoms with Crippen LogP contribution in [0.5, 0.6) is 5.75 Å². The number of carbonyl (C=O) groups is 1. The largest absolute Gasteiger partial charge is 0.494 e. The van der Waals surface area contributed by atoms with E-state index in [1.165, 1.54) is 10.4 Å². The molecule has 2 aliphatic heterocycles. The Morgan fingerprint density at radius 2 is 2.00 bits per heavy atom. The summed E-state index contributed by atoms with van der Waals surface area (Å²) in [6, 6.07) is 3.93. The first-order valence-corrected chi connectivity index (χ1v) is 10.3. The molecule has 0 unspecified atom stereocenters. The van der Waals surface area contributed by atoms with Crippen LogP contribution in [0.2, 0.25) is 0 Å². The molecule has 0 saturated heterocycles. The van der Waals surface area contributed by atoms with Gasteiger partial charge in [-0.15, -0.1) is 11.3 Å². The van der Waals surface area contributed by atoms with Gasteiger partial charge in [-0.1, -0.05) is 0 Å². The van der Waals surface area contributed by atoms with Gasteiger partial charge in [-0.3, -0.25) is 4.79 Å². The van der Waals surface area contributed by atoms with E-state index >= 15 is 0 Å². The molecular weight excluding hydrogens is 470 g/mol. The number of anilines is 1. The van der Waals surface area contributed by atoms with E-state index in [0.29, 0.717) is 0 Å². The summed E-state index contributed by atoms with van der Waals surface area (Å²) < 4.78 is 7.04. The predicted octanol–water partition coefficient (Wildman–Crippen LogP) is 4.12. The maximum absolute atomic E-state index is 12.8. The number of nitrogens with one attached hydrogen (secondary N) is 2. The molecule has 132 valence electrons. The molecule has 1 atom stereocenters. The first-order chi connectivity index (χ1) is 12.0. The minimum atomic E-state index is -0.267. The molecule has 1 amide bonds. The number of methoxy groups -OCH3 is 1. The minimum absolute atomic E-state index is 0.00358. The van der Waals surface area contributed by atoms with Crippen molar-refractivity contribution in [1.82, 2.24) is 10.2 Å². The van der Waals surface area contributed by atoms with Gasteiger partial charge in [0.25, 0.3) is 5.91 Å². The topological polar surface area (TPSA) is 53.6 Å². The van der Waals surface area contributed by atoms with Crippen LogP contribution in [0.25, 0.3) is 0 Å². The number of fused-ring (bicyclic) bond motifs is 3. The summed E-state index contributed by atoms with van der Waals surface area (Å²) in [6.45, 7) is 1.90. The van der Waals surface area contributed by atoms with Gasteiger partial charge < -0.3 is 20.3 Å². The number of hydrogen-bond acceptors (Lipinski definition) is 5. The predicted molar refractivity (Wildman–Crippen MR) is 107 cm³/mol. The smallest absolute Gasteiger partial charge is 0.256 e. The van der Waals surface area contributed by atoms with Crippen molar-refractivity contribution in [1.29, 1.82) is 0 Å². The Balaban J connectivity index is 1.69. The van der Waals surface area contributed by atoms with Crippen molar-refractivity contribution in [3.63, 3.8) is 0 Å². The fourth-order valence-corrected chi connectivity index (χ4v) is 6.25. The number of likely N-dealkylation sites (N-methyl/N-ethyl adjacent to an activating group) is 1. The van der Waals surface area contributed by atoms with E-state index in [2.05, 4.69) is 54.4 Å². The number of thiophene rings is 1. The average molecular weight is 487 g/mol. The summed E-state index contributed by atoms with van der Waals surface area (Å²) in [5, 5.41) is 7.55. The zero-order valence-electron chi connectivity index (χ0n) is 13.8. The van der Waals surface area contributed by atoms with Gasteiger partial charge in [0.1, 0.15) is 16.9 Å². The highest BCUT2D eigenvalue weighted by molar-refractivity contribution is 9.11. The van der Waals surface area contributed by atoms with Crippen LogP contribution in [0.15, 0.2) is 21.1 Å². The molecule has 2 aliphatic rings. The Labute approximate surface area is 167 Å². The summed E-state index contributed by atoms with van der Waals surface area (Å²) in [7, 11) is 3.75. The quantitative estimate of drug-likeness (QED) is 0.670. The monoisotopic (exact) mass is 485 g/mol. The molecule has 8 heteroatoms. The molecule has 3 heterocycles. The van der Waals surface area contributed by atoms with Crippen molar-refractivity contribution < 1.29 is 9.53 Å². The van der Waals surface area contributed by atoms with Crippen LogP contribution in [-0.4, -0.2) is 31.5 Å². The first-order valence-electron chi connectivity index (χ1n) is 7.91. The third-order valence-electron chi connectivity index (χ3n) is 4.58. The Morgan fingerprint density at radius 3 is 2.68 bits per heavy atom. The summed E-state index contributed by atoms with van der Waals surface area (Å²) >= 11 is 8.75. The van der Waals surface area contributed by atoms with Crippen molar-refractivity contribution in [3.8, 4) is 5.75 Å². The second kappa shape index (κ2) is 6.57. The van der Waals surface area contributed by atoms with Gasteiger partial charge in [0.05, 0.1) is 21.6 Å². The zero-order chi connectivity index (χ0) is 17.7. The van der Waals surface area contributed by atoms with Gasteiger partial charge in [0.2, 0.25) is 0 Å². The first kappa shape index (κ1) is 17.3. The van der Waals surface area contributed by atoms with Crippen molar-refractivity contribution >= 4 is 54.1 Å². The van der Waals surface area contributed by atoms with Crippen molar-refractivity contribution in [3.05, 3.63) is 42.6 Å². The molecule has 0 radical (unpaired) electrons. The maximum Gasteiger partial charge on any atom is 0.256 e. The highest BCUT2D eigenvalue weighted by atomic mass is 79.9. The molecule has 5 nitrogen and oxygen atoms in total. The SMILES string of the molecule is COc1c(Br)cc([C@@H]2NC(=O)c3c(sc4c3CCN(C)C4)N2)cc1Br. The molecule has 25 heavy (non-hydrogen) atoms. The molecule has 0 aliphatic carbocycles. The lowest BCUT2D eigenvalue weighted by Crippen LogP contribution is -2.38. The van der Waals surface area contributed by atoms with Crippen molar-refractivity contribution in [2.75, 3.05) is 26.0 Å². The van der Waals surface area contributed by atoms with Crippen LogP contribution in [-0.2, 0) is 13.0 Å². The highest BCUT2D eigenvalue weighted by Gasteiger charge is 2.33. The van der Waals surface area contributed by atoms with Crippen LogP contribution >= 0.6 is 43.2 Å². The number of halogens is 2.